The van der Waals surface area contributed by atoms with Crippen LogP contribution >= 0.6 is 0 Å². The van der Waals surface area contributed by atoms with Gasteiger partial charge in [-0.1, -0.05) is 30.3 Å². The summed E-state index contributed by atoms with van der Waals surface area (Å²) in [5.74, 6) is 1.29. The summed E-state index contributed by atoms with van der Waals surface area (Å²) in [4.78, 5) is 27.0. The minimum Gasteiger partial charge on any atom is -0.457 e. The highest BCUT2D eigenvalue weighted by molar-refractivity contribution is 5.89. The summed E-state index contributed by atoms with van der Waals surface area (Å²) in [7, 11) is 1.72. The number of nitrogens with one attached hydrogen (secondary N) is 2. The molecule has 154 valence electrons. The molecular formula is C23H29N3O3. The molecule has 1 heterocycles. The molecule has 3 rings (SSSR count). The maximum atomic E-state index is 13.0. The zero-order valence-corrected chi connectivity index (χ0v) is 17.2. The van der Waals surface area contributed by atoms with Crippen LogP contribution in [0.15, 0.2) is 54.6 Å². The van der Waals surface area contributed by atoms with Gasteiger partial charge in [-0.3, -0.25) is 9.59 Å². The fraction of sp³-hybridized carbons (Fsp3) is 0.391. The molecule has 2 aromatic rings. The summed E-state index contributed by atoms with van der Waals surface area (Å²) in [6, 6.07) is 16.6. The van der Waals surface area contributed by atoms with Crippen LogP contribution in [0.5, 0.6) is 11.5 Å². The number of ether oxygens (including phenoxy) is 1. The number of para-hydroxylation sites is 1. The van der Waals surface area contributed by atoms with E-state index in [2.05, 4.69) is 10.6 Å². The van der Waals surface area contributed by atoms with Crippen LogP contribution in [0.3, 0.4) is 0 Å². The maximum Gasteiger partial charge on any atom is 0.245 e. The van der Waals surface area contributed by atoms with Crippen molar-refractivity contribution in [3.8, 4) is 11.5 Å². The van der Waals surface area contributed by atoms with E-state index in [9.17, 15) is 9.59 Å². The molecule has 2 aromatic carbocycles. The van der Waals surface area contributed by atoms with Gasteiger partial charge in [-0.25, -0.2) is 0 Å². The highest BCUT2D eigenvalue weighted by Gasteiger charge is 2.33. The van der Waals surface area contributed by atoms with Crippen LogP contribution in [0.4, 0.5) is 0 Å². The Hall–Kier alpha value is -2.86. The molecular weight excluding hydrogens is 366 g/mol. The standard InChI is InChI=1S/C23H29N3O3/c1-16(24-3)22(27)25-17(2)23(28)26-14-8-13-21(26)18-9-7-12-20(15-18)29-19-10-5-4-6-11-19/h4-7,9-12,15-17,21,24H,8,13-14H2,1-3H3,(H,25,27)/t16?,17?,21-/m0/s1. The highest BCUT2D eigenvalue weighted by Crippen LogP contribution is 2.34. The van der Waals surface area contributed by atoms with Gasteiger partial charge in [-0.2, -0.15) is 0 Å². The SMILES string of the molecule is CNC(C)C(=O)NC(C)C(=O)N1CCC[C@H]1c1cccc(Oc2ccccc2)c1. The number of carbonyl (C=O) groups is 2. The van der Waals surface area contributed by atoms with Gasteiger partial charge >= 0.3 is 0 Å². The third-order valence-electron chi connectivity index (χ3n) is 5.31. The van der Waals surface area contributed by atoms with Gasteiger partial charge in [0, 0.05) is 6.54 Å². The molecule has 0 aromatic heterocycles. The van der Waals surface area contributed by atoms with E-state index >= 15 is 0 Å². The van der Waals surface area contributed by atoms with E-state index in [4.69, 9.17) is 4.74 Å². The number of hydrogen-bond acceptors (Lipinski definition) is 4. The molecule has 1 fully saturated rings. The Labute approximate surface area is 172 Å². The third kappa shape index (κ3) is 5.15. The fourth-order valence-electron chi connectivity index (χ4n) is 3.57. The molecule has 0 saturated carbocycles. The summed E-state index contributed by atoms with van der Waals surface area (Å²) >= 11 is 0. The summed E-state index contributed by atoms with van der Waals surface area (Å²) in [5.41, 5.74) is 1.05. The average Bonchev–Trinajstić information content (AvgIpc) is 3.23. The zero-order chi connectivity index (χ0) is 20.8. The molecule has 0 spiro atoms. The molecule has 2 N–H and O–H groups in total. The number of likely N-dealkylation sites (tertiary alicyclic amines) is 1. The number of hydrogen-bond donors (Lipinski definition) is 2. The van der Waals surface area contributed by atoms with Crippen molar-refractivity contribution in [3.05, 3.63) is 60.2 Å². The predicted molar refractivity (Wildman–Crippen MR) is 113 cm³/mol. The Morgan fingerprint density at radius 3 is 2.48 bits per heavy atom. The van der Waals surface area contributed by atoms with E-state index in [1.54, 1.807) is 20.9 Å². The Balaban J connectivity index is 1.71. The van der Waals surface area contributed by atoms with Crippen LogP contribution in [-0.4, -0.2) is 42.4 Å². The Kier molecular flexibility index (Phi) is 6.88. The third-order valence-corrected chi connectivity index (χ3v) is 5.31. The molecule has 1 aliphatic rings. The summed E-state index contributed by atoms with van der Waals surface area (Å²) < 4.78 is 5.95. The molecule has 0 aliphatic carbocycles. The van der Waals surface area contributed by atoms with Gasteiger partial charge in [0.05, 0.1) is 12.1 Å². The minimum atomic E-state index is -0.567. The second kappa shape index (κ2) is 9.56. The highest BCUT2D eigenvalue weighted by atomic mass is 16.5. The van der Waals surface area contributed by atoms with Gasteiger partial charge in [0.25, 0.3) is 0 Å². The van der Waals surface area contributed by atoms with Gasteiger partial charge < -0.3 is 20.3 Å². The fourth-order valence-corrected chi connectivity index (χ4v) is 3.57. The summed E-state index contributed by atoms with van der Waals surface area (Å²) in [6.45, 7) is 4.20. The first-order chi connectivity index (χ1) is 14.0. The molecule has 3 atom stereocenters. The van der Waals surface area contributed by atoms with E-state index < -0.39 is 6.04 Å². The van der Waals surface area contributed by atoms with Crippen LogP contribution in [0.25, 0.3) is 0 Å². The lowest BCUT2D eigenvalue weighted by Crippen LogP contribution is -2.51. The molecule has 2 amide bonds. The smallest absolute Gasteiger partial charge is 0.245 e. The molecule has 6 heteroatoms. The lowest BCUT2D eigenvalue weighted by Gasteiger charge is -2.29. The Bertz CT molecular complexity index is 840. The van der Waals surface area contributed by atoms with Crippen molar-refractivity contribution in [2.24, 2.45) is 0 Å². The number of nitrogens with zero attached hydrogens (tertiary/aromatic N) is 1. The van der Waals surface area contributed by atoms with Gasteiger partial charge in [-0.05, 0) is 63.6 Å². The van der Waals surface area contributed by atoms with E-state index in [0.29, 0.717) is 6.54 Å². The largest absolute Gasteiger partial charge is 0.457 e. The van der Waals surface area contributed by atoms with Crippen LogP contribution in [-0.2, 0) is 9.59 Å². The van der Waals surface area contributed by atoms with Crippen molar-refractivity contribution in [1.29, 1.82) is 0 Å². The molecule has 0 bridgehead atoms. The monoisotopic (exact) mass is 395 g/mol. The van der Waals surface area contributed by atoms with Crippen molar-refractivity contribution >= 4 is 11.8 Å². The van der Waals surface area contributed by atoms with Crippen molar-refractivity contribution in [1.82, 2.24) is 15.5 Å². The molecule has 6 nitrogen and oxygen atoms in total. The molecule has 1 aliphatic heterocycles. The molecule has 29 heavy (non-hydrogen) atoms. The number of amides is 2. The van der Waals surface area contributed by atoms with Crippen LogP contribution in [0.1, 0.15) is 38.3 Å². The quantitative estimate of drug-likeness (QED) is 0.755. The predicted octanol–water partition coefficient (Wildman–Crippen LogP) is 3.26. The first-order valence-corrected chi connectivity index (χ1v) is 10.1. The lowest BCUT2D eigenvalue weighted by molar-refractivity contribution is -0.137. The van der Waals surface area contributed by atoms with Gasteiger partial charge in [-0.15, -0.1) is 0 Å². The van der Waals surface area contributed by atoms with E-state index in [1.165, 1.54) is 0 Å². The summed E-state index contributed by atoms with van der Waals surface area (Å²) in [6.07, 6.45) is 1.84. The number of benzene rings is 2. The first-order valence-electron chi connectivity index (χ1n) is 10.1. The topological polar surface area (TPSA) is 70.7 Å². The number of likely N-dealkylation sites (N-methyl/N-ethyl adjacent to an activating group) is 1. The van der Waals surface area contributed by atoms with Crippen LogP contribution in [0.2, 0.25) is 0 Å². The second-order valence-electron chi connectivity index (χ2n) is 7.42. The average molecular weight is 396 g/mol. The van der Waals surface area contributed by atoms with Crippen LogP contribution in [0, 0.1) is 0 Å². The first kappa shape index (κ1) is 20.9. The second-order valence-corrected chi connectivity index (χ2v) is 7.42. The Morgan fingerprint density at radius 2 is 1.76 bits per heavy atom. The van der Waals surface area contributed by atoms with E-state index in [1.807, 2.05) is 59.5 Å². The number of carbonyl (C=O) groups excluding carboxylic acids is 2. The van der Waals surface area contributed by atoms with Crippen molar-refractivity contribution in [2.75, 3.05) is 13.6 Å². The molecule has 1 saturated heterocycles. The summed E-state index contributed by atoms with van der Waals surface area (Å²) in [5, 5.41) is 5.69. The van der Waals surface area contributed by atoms with Crippen molar-refractivity contribution in [2.45, 2.75) is 44.8 Å². The maximum absolute atomic E-state index is 13.0. The van der Waals surface area contributed by atoms with Crippen LogP contribution < -0.4 is 15.4 Å². The van der Waals surface area contributed by atoms with E-state index in [0.717, 1.165) is 29.9 Å². The van der Waals surface area contributed by atoms with Gasteiger partial charge in [0.1, 0.15) is 17.5 Å². The van der Waals surface area contributed by atoms with E-state index in [-0.39, 0.29) is 23.9 Å². The van der Waals surface area contributed by atoms with Crippen molar-refractivity contribution in [3.63, 3.8) is 0 Å². The van der Waals surface area contributed by atoms with Gasteiger partial charge in [0.15, 0.2) is 0 Å². The van der Waals surface area contributed by atoms with Gasteiger partial charge in [0.2, 0.25) is 11.8 Å². The zero-order valence-electron chi connectivity index (χ0n) is 17.2. The normalized spacial score (nSPS) is 18.2. The Morgan fingerprint density at radius 1 is 1.03 bits per heavy atom. The molecule has 2 unspecified atom stereocenters. The van der Waals surface area contributed by atoms with Crippen molar-refractivity contribution < 1.29 is 14.3 Å². The lowest BCUT2D eigenvalue weighted by atomic mass is 10.0. The molecule has 0 radical (unpaired) electrons. The number of rotatable bonds is 7. The minimum absolute atomic E-state index is 0.0112.